The second-order valence-corrected chi connectivity index (χ2v) is 6.95. The summed E-state index contributed by atoms with van der Waals surface area (Å²) in [6.07, 6.45) is 3.21. The lowest BCUT2D eigenvalue weighted by molar-refractivity contribution is 0.130. The van der Waals surface area contributed by atoms with Crippen LogP contribution in [0.2, 0.25) is 0 Å². The molecule has 0 aliphatic rings. The van der Waals surface area contributed by atoms with Crippen molar-refractivity contribution in [3.63, 3.8) is 0 Å². The van der Waals surface area contributed by atoms with Gasteiger partial charge in [0.05, 0.1) is 23.7 Å². The normalized spacial score (nSPS) is 9.39. The Balaban J connectivity index is 0.000000649. The molecule has 0 aliphatic carbocycles. The number of rotatable bonds is 9. The Hall–Kier alpha value is -2.35. The monoisotopic (exact) mass is 548 g/mol. The van der Waals surface area contributed by atoms with Crippen LogP contribution in [-0.2, 0) is 9.47 Å². The molecule has 0 radical (unpaired) electrons. The largest absolute Gasteiger partial charge is 0.490 e. The molecule has 31 heavy (non-hydrogen) atoms. The van der Waals surface area contributed by atoms with Crippen LogP contribution in [0.3, 0.4) is 0 Å². The number of benzene rings is 1. The summed E-state index contributed by atoms with van der Waals surface area (Å²) in [5.74, 6) is 3.89. The zero-order valence-electron chi connectivity index (χ0n) is 18.9. The Morgan fingerprint density at radius 1 is 1.06 bits per heavy atom. The van der Waals surface area contributed by atoms with Crippen molar-refractivity contribution < 1.29 is 28.5 Å². The summed E-state index contributed by atoms with van der Waals surface area (Å²) in [7, 11) is 0. The topological polar surface area (TPSA) is 95.1 Å². The minimum absolute atomic E-state index is 0.158. The van der Waals surface area contributed by atoms with Crippen LogP contribution < -0.4 is 20.1 Å². The van der Waals surface area contributed by atoms with Crippen LogP contribution >= 0.6 is 22.6 Å². The molecule has 0 atom stereocenters. The van der Waals surface area contributed by atoms with Crippen molar-refractivity contribution in [3.8, 4) is 23.5 Å². The lowest BCUT2D eigenvalue weighted by Gasteiger charge is -2.13. The van der Waals surface area contributed by atoms with Gasteiger partial charge in [0.25, 0.3) is 0 Å². The lowest BCUT2D eigenvalue weighted by atomic mass is 10.2. The molecule has 0 bridgehead atoms. The van der Waals surface area contributed by atoms with Crippen molar-refractivity contribution in [1.29, 1.82) is 0 Å². The molecule has 0 saturated carbocycles. The van der Waals surface area contributed by atoms with E-state index in [1.54, 1.807) is 32.0 Å². The van der Waals surface area contributed by atoms with E-state index in [9.17, 15) is 9.59 Å². The lowest BCUT2D eigenvalue weighted by Crippen LogP contribution is -2.23. The summed E-state index contributed by atoms with van der Waals surface area (Å²) in [6, 6.07) is 5.23. The Kier molecular flexibility index (Phi) is 17.0. The van der Waals surface area contributed by atoms with E-state index in [2.05, 4.69) is 56.9 Å². The minimum atomic E-state index is -0.485. The van der Waals surface area contributed by atoms with Gasteiger partial charge in [-0.2, -0.15) is 0 Å². The van der Waals surface area contributed by atoms with Crippen LogP contribution in [0.15, 0.2) is 18.2 Å². The van der Waals surface area contributed by atoms with E-state index in [1.807, 2.05) is 13.8 Å². The highest BCUT2D eigenvalue weighted by Crippen LogP contribution is 2.30. The van der Waals surface area contributed by atoms with Crippen molar-refractivity contribution in [2.45, 2.75) is 53.6 Å². The fraction of sp³-hybridized carbons (Fsp3) is 0.545. The Labute approximate surface area is 198 Å². The molecule has 0 aromatic heterocycles. The summed E-state index contributed by atoms with van der Waals surface area (Å²) < 4.78 is 21.1. The first kappa shape index (κ1) is 28.6. The summed E-state index contributed by atoms with van der Waals surface area (Å²) in [5.41, 5.74) is 0.609. The highest BCUT2D eigenvalue weighted by atomic mass is 127. The van der Waals surface area contributed by atoms with Gasteiger partial charge < -0.3 is 24.3 Å². The number of halogens is 1. The first-order valence-electron chi connectivity index (χ1n) is 10.2. The van der Waals surface area contributed by atoms with Gasteiger partial charge in [0.15, 0.2) is 11.5 Å². The predicted octanol–water partition coefficient (Wildman–Crippen LogP) is 5.35. The third-order valence-corrected chi connectivity index (χ3v) is 3.60. The molecule has 0 saturated heterocycles. The molecule has 0 spiro atoms. The molecule has 9 heteroatoms. The average molecular weight is 548 g/mol. The highest BCUT2D eigenvalue weighted by Gasteiger charge is 2.10. The standard InChI is InChI=1S/C14H21NO4.C8H12INO2/c1-5-17-12-8-7-11(9-13(12)18-6-2)15-14(16)19-10(3)4;1-2-3-6-10-8(11)12-7-4-5-9/h7-10H,5-6H2,1-4H3,(H,15,16);2-3,5-6H2,1H3,(H,10,11). The number of carbonyl (C=O) groups is 2. The van der Waals surface area contributed by atoms with Crippen LogP contribution in [0.5, 0.6) is 11.5 Å². The van der Waals surface area contributed by atoms with Gasteiger partial charge in [-0.1, -0.05) is 35.9 Å². The molecule has 174 valence electrons. The van der Waals surface area contributed by atoms with Crippen molar-refractivity contribution >= 4 is 40.5 Å². The zero-order chi connectivity index (χ0) is 23.5. The number of unbranched alkanes of at least 4 members (excludes halogenated alkanes) is 1. The maximum absolute atomic E-state index is 11.5. The van der Waals surface area contributed by atoms with Crippen molar-refractivity contribution in [2.75, 3.05) is 29.5 Å². The van der Waals surface area contributed by atoms with Crippen LogP contribution in [0.4, 0.5) is 15.3 Å². The highest BCUT2D eigenvalue weighted by molar-refractivity contribution is 14.1. The molecule has 1 aromatic carbocycles. The van der Waals surface area contributed by atoms with Crippen molar-refractivity contribution in [3.05, 3.63) is 18.2 Å². The third-order valence-electron chi connectivity index (χ3n) is 3.21. The molecule has 1 aromatic rings. The van der Waals surface area contributed by atoms with Crippen LogP contribution in [0.1, 0.15) is 47.5 Å². The van der Waals surface area contributed by atoms with Gasteiger partial charge in [0.1, 0.15) is 6.11 Å². The number of carbonyl (C=O) groups excluding carboxylic acids is 2. The SMILES string of the molecule is CCCCNC(=O)OC#CCI.CCOc1ccc(NC(=O)OC(C)C)cc1OCC. The molecular formula is C22H33IN2O6. The van der Waals surface area contributed by atoms with Gasteiger partial charge >= 0.3 is 12.2 Å². The molecule has 8 nitrogen and oxygen atoms in total. The molecule has 0 aliphatic heterocycles. The van der Waals surface area contributed by atoms with Gasteiger partial charge in [0, 0.05) is 18.3 Å². The van der Waals surface area contributed by atoms with Gasteiger partial charge in [-0.05, 0) is 52.2 Å². The van der Waals surface area contributed by atoms with E-state index in [-0.39, 0.29) is 6.10 Å². The summed E-state index contributed by atoms with van der Waals surface area (Å²) in [4.78, 5) is 22.3. The van der Waals surface area contributed by atoms with E-state index < -0.39 is 12.2 Å². The van der Waals surface area contributed by atoms with Crippen LogP contribution in [0.25, 0.3) is 0 Å². The van der Waals surface area contributed by atoms with Gasteiger partial charge in [-0.3, -0.25) is 5.32 Å². The summed E-state index contributed by atoms with van der Waals surface area (Å²) >= 11 is 2.08. The summed E-state index contributed by atoms with van der Waals surface area (Å²) in [6.45, 7) is 11.2. The maximum Gasteiger partial charge on any atom is 0.421 e. The fourth-order valence-corrected chi connectivity index (χ4v) is 2.16. The molecule has 2 N–H and O–H groups in total. The van der Waals surface area contributed by atoms with E-state index in [4.69, 9.17) is 14.2 Å². The zero-order valence-corrected chi connectivity index (χ0v) is 21.0. The quantitative estimate of drug-likeness (QED) is 0.187. The van der Waals surface area contributed by atoms with E-state index in [0.717, 1.165) is 12.8 Å². The number of hydrogen-bond donors (Lipinski definition) is 2. The maximum atomic E-state index is 11.5. The van der Waals surface area contributed by atoms with Crippen molar-refractivity contribution in [1.82, 2.24) is 5.32 Å². The summed E-state index contributed by atoms with van der Waals surface area (Å²) in [5, 5.41) is 5.22. The smallest absolute Gasteiger partial charge is 0.421 e. The van der Waals surface area contributed by atoms with Gasteiger partial charge in [-0.15, -0.1) is 0 Å². The average Bonchev–Trinajstić information content (AvgIpc) is 2.70. The number of nitrogens with one attached hydrogen (secondary N) is 2. The third kappa shape index (κ3) is 15.2. The first-order valence-corrected chi connectivity index (χ1v) is 11.8. The Morgan fingerprint density at radius 2 is 1.74 bits per heavy atom. The number of hydrogen-bond acceptors (Lipinski definition) is 6. The first-order chi connectivity index (χ1) is 14.9. The molecule has 0 heterocycles. The second-order valence-electron chi connectivity index (χ2n) is 6.19. The Morgan fingerprint density at radius 3 is 2.32 bits per heavy atom. The number of alkyl halides is 1. The Bertz CT molecular complexity index is 716. The minimum Gasteiger partial charge on any atom is -0.490 e. The van der Waals surface area contributed by atoms with Gasteiger partial charge in [-0.25, -0.2) is 9.59 Å². The molecule has 0 unspecified atom stereocenters. The fourth-order valence-electron chi connectivity index (χ4n) is 2.00. The molecule has 1 rings (SSSR count). The van der Waals surface area contributed by atoms with Crippen LogP contribution in [-0.4, -0.2) is 42.5 Å². The number of amides is 2. The number of ether oxygens (including phenoxy) is 4. The number of anilines is 1. The number of alkyl carbamates (subject to hydrolysis) is 1. The molecule has 0 fully saturated rings. The second kappa shape index (κ2) is 18.4. The van der Waals surface area contributed by atoms with E-state index in [1.165, 1.54) is 0 Å². The molecule has 2 amide bonds. The van der Waals surface area contributed by atoms with E-state index >= 15 is 0 Å². The van der Waals surface area contributed by atoms with Gasteiger partial charge in [0.2, 0.25) is 0 Å². The van der Waals surface area contributed by atoms with Crippen molar-refractivity contribution in [2.24, 2.45) is 0 Å². The molecular weight excluding hydrogens is 515 g/mol. The predicted molar refractivity (Wildman–Crippen MR) is 130 cm³/mol. The van der Waals surface area contributed by atoms with E-state index in [0.29, 0.717) is 41.4 Å². The van der Waals surface area contributed by atoms with Crippen LogP contribution in [0, 0.1) is 12.0 Å².